The molecule has 1 N–H and O–H groups in total. The Bertz CT molecular complexity index is 768. The molecule has 0 saturated heterocycles. The van der Waals surface area contributed by atoms with E-state index in [0.717, 1.165) is 0 Å². The molecule has 1 amide bonds. The van der Waals surface area contributed by atoms with Crippen molar-refractivity contribution in [2.45, 2.75) is 0 Å². The van der Waals surface area contributed by atoms with E-state index in [1.165, 1.54) is 18.2 Å². The molecule has 0 heterocycles. The zero-order valence-corrected chi connectivity index (χ0v) is 15.2. The van der Waals surface area contributed by atoms with Crippen LogP contribution < -0.4 is 14.8 Å². The van der Waals surface area contributed by atoms with Crippen LogP contribution in [0.25, 0.3) is 6.08 Å². The lowest BCUT2D eigenvalue weighted by molar-refractivity contribution is -0.111. The van der Waals surface area contributed by atoms with Crippen molar-refractivity contribution in [1.29, 1.82) is 0 Å². The maximum absolute atomic E-state index is 12.1. The Balaban J connectivity index is 2.20. The fourth-order valence-corrected chi connectivity index (χ4v) is 2.87. The number of halogens is 3. The van der Waals surface area contributed by atoms with Gasteiger partial charge in [-0.2, -0.15) is 0 Å². The molecular weight excluding hydrogens is 373 g/mol. The molecule has 0 aliphatic rings. The van der Waals surface area contributed by atoms with Gasteiger partial charge in [0, 0.05) is 16.7 Å². The minimum Gasteiger partial charge on any atom is -0.497 e. The van der Waals surface area contributed by atoms with Crippen LogP contribution in [0, 0.1) is 0 Å². The monoisotopic (exact) mass is 385 g/mol. The van der Waals surface area contributed by atoms with Crippen LogP contribution >= 0.6 is 34.8 Å². The molecule has 0 bridgehead atoms. The predicted molar refractivity (Wildman–Crippen MR) is 98.7 cm³/mol. The van der Waals surface area contributed by atoms with Gasteiger partial charge in [0.15, 0.2) is 0 Å². The van der Waals surface area contributed by atoms with Gasteiger partial charge in [-0.15, -0.1) is 0 Å². The lowest BCUT2D eigenvalue weighted by Gasteiger charge is -2.09. The largest absolute Gasteiger partial charge is 0.497 e. The minimum absolute atomic E-state index is 0.258. The third-order valence-electron chi connectivity index (χ3n) is 3.11. The van der Waals surface area contributed by atoms with E-state index in [2.05, 4.69) is 5.32 Å². The standard InChI is InChI=1S/C17H14Cl3NO3/c1-23-12-4-5-15(24-2)10(7-12)3-6-16(22)21-17-13(19)8-11(18)9-14(17)20/h3-9H,1-2H3,(H,21,22)/b6-3+. The molecule has 4 nitrogen and oxygen atoms in total. The molecule has 2 aromatic carbocycles. The van der Waals surface area contributed by atoms with Crippen molar-refractivity contribution in [1.82, 2.24) is 0 Å². The minimum atomic E-state index is -0.397. The van der Waals surface area contributed by atoms with Crippen LogP contribution in [0.5, 0.6) is 11.5 Å². The second-order valence-electron chi connectivity index (χ2n) is 4.67. The van der Waals surface area contributed by atoms with Gasteiger partial charge in [-0.3, -0.25) is 4.79 Å². The van der Waals surface area contributed by atoms with Crippen LogP contribution in [0.4, 0.5) is 5.69 Å². The molecule has 2 rings (SSSR count). The van der Waals surface area contributed by atoms with E-state index >= 15 is 0 Å². The molecule has 0 aromatic heterocycles. The Morgan fingerprint density at radius 2 is 1.71 bits per heavy atom. The molecule has 0 aliphatic carbocycles. The molecule has 0 fully saturated rings. The highest BCUT2D eigenvalue weighted by Crippen LogP contribution is 2.33. The lowest BCUT2D eigenvalue weighted by Crippen LogP contribution is -2.08. The van der Waals surface area contributed by atoms with Crippen LogP contribution in [-0.4, -0.2) is 20.1 Å². The van der Waals surface area contributed by atoms with Crippen molar-refractivity contribution in [2.75, 3.05) is 19.5 Å². The number of hydrogen-bond acceptors (Lipinski definition) is 3. The van der Waals surface area contributed by atoms with Gasteiger partial charge in [-0.1, -0.05) is 34.8 Å². The van der Waals surface area contributed by atoms with Gasteiger partial charge in [-0.05, 0) is 36.4 Å². The second kappa shape index (κ2) is 8.29. The summed E-state index contributed by atoms with van der Waals surface area (Å²) in [4.78, 5) is 12.1. The summed E-state index contributed by atoms with van der Waals surface area (Å²) in [6.07, 6.45) is 2.95. The van der Waals surface area contributed by atoms with E-state index in [0.29, 0.717) is 27.8 Å². The molecule has 7 heteroatoms. The Morgan fingerprint density at radius 1 is 1.04 bits per heavy atom. The average Bonchev–Trinajstić information content (AvgIpc) is 2.55. The lowest BCUT2D eigenvalue weighted by atomic mass is 10.1. The molecule has 2 aromatic rings. The summed E-state index contributed by atoms with van der Waals surface area (Å²) < 4.78 is 10.4. The number of ether oxygens (including phenoxy) is 2. The average molecular weight is 387 g/mol. The maximum Gasteiger partial charge on any atom is 0.248 e. The second-order valence-corrected chi connectivity index (χ2v) is 5.93. The molecule has 0 unspecified atom stereocenters. The van der Waals surface area contributed by atoms with E-state index in [1.807, 2.05) is 0 Å². The van der Waals surface area contributed by atoms with Crippen LogP contribution in [0.2, 0.25) is 15.1 Å². The van der Waals surface area contributed by atoms with Crippen molar-refractivity contribution in [3.05, 3.63) is 57.0 Å². The van der Waals surface area contributed by atoms with Crippen LogP contribution in [0.15, 0.2) is 36.4 Å². The number of anilines is 1. The van der Waals surface area contributed by atoms with Gasteiger partial charge in [0.25, 0.3) is 0 Å². The number of amides is 1. The molecule has 0 saturated carbocycles. The van der Waals surface area contributed by atoms with Crippen LogP contribution in [-0.2, 0) is 4.79 Å². The Hall–Kier alpha value is -1.88. The zero-order valence-electron chi connectivity index (χ0n) is 12.9. The number of benzene rings is 2. The van der Waals surface area contributed by atoms with Crippen molar-refractivity contribution >= 4 is 52.5 Å². The summed E-state index contributed by atoms with van der Waals surface area (Å²) >= 11 is 17.9. The third kappa shape index (κ3) is 4.57. The molecule has 0 spiro atoms. The van der Waals surface area contributed by atoms with Gasteiger partial charge < -0.3 is 14.8 Å². The first kappa shape index (κ1) is 18.5. The third-order valence-corrected chi connectivity index (χ3v) is 3.92. The van der Waals surface area contributed by atoms with E-state index in [-0.39, 0.29) is 10.0 Å². The summed E-state index contributed by atoms with van der Waals surface area (Å²) in [7, 11) is 3.11. The highest BCUT2D eigenvalue weighted by atomic mass is 35.5. The Kier molecular flexibility index (Phi) is 6.37. The molecule has 0 aliphatic heterocycles. The Morgan fingerprint density at radius 3 is 2.29 bits per heavy atom. The number of hydrogen-bond donors (Lipinski definition) is 1. The van der Waals surface area contributed by atoms with Gasteiger partial charge in [0.2, 0.25) is 5.91 Å². The van der Waals surface area contributed by atoms with Crippen molar-refractivity contribution < 1.29 is 14.3 Å². The van der Waals surface area contributed by atoms with Crippen molar-refractivity contribution in [2.24, 2.45) is 0 Å². The van der Waals surface area contributed by atoms with Crippen molar-refractivity contribution in [3.63, 3.8) is 0 Å². The smallest absolute Gasteiger partial charge is 0.248 e. The summed E-state index contributed by atoms with van der Waals surface area (Å²) in [6, 6.07) is 8.27. The SMILES string of the molecule is COc1ccc(OC)c(/C=C/C(=O)Nc2c(Cl)cc(Cl)cc2Cl)c1. The number of rotatable bonds is 5. The number of carbonyl (C=O) groups excluding carboxylic acids is 1. The fraction of sp³-hybridized carbons (Fsp3) is 0.118. The quantitative estimate of drug-likeness (QED) is 0.708. The van der Waals surface area contributed by atoms with Gasteiger partial charge in [0.1, 0.15) is 11.5 Å². The Labute approximate surface area is 154 Å². The first-order valence-corrected chi connectivity index (χ1v) is 7.93. The first-order valence-electron chi connectivity index (χ1n) is 6.80. The van der Waals surface area contributed by atoms with E-state index in [4.69, 9.17) is 44.3 Å². The topological polar surface area (TPSA) is 47.6 Å². The number of methoxy groups -OCH3 is 2. The fourth-order valence-electron chi connectivity index (χ4n) is 1.96. The van der Waals surface area contributed by atoms with E-state index in [1.54, 1.807) is 38.5 Å². The van der Waals surface area contributed by atoms with Crippen LogP contribution in [0.3, 0.4) is 0 Å². The molecule has 126 valence electrons. The molecule has 24 heavy (non-hydrogen) atoms. The zero-order chi connectivity index (χ0) is 17.7. The summed E-state index contributed by atoms with van der Waals surface area (Å²) in [6.45, 7) is 0. The first-order chi connectivity index (χ1) is 11.4. The van der Waals surface area contributed by atoms with Gasteiger partial charge in [-0.25, -0.2) is 0 Å². The highest BCUT2D eigenvalue weighted by molar-refractivity contribution is 6.42. The normalized spacial score (nSPS) is 10.7. The summed E-state index contributed by atoms with van der Waals surface area (Å²) in [5, 5.41) is 3.53. The van der Waals surface area contributed by atoms with Crippen molar-refractivity contribution in [3.8, 4) is 11.5 Å². The summed E-state index contributed by atoms with van der Waals surface area (Å²) in [5.41, 5.74) is 0.996. The highest BCUT2D eigenvalue weighted by Gasteiger charge is 2.10. The van der Waals surface area contributed by atoms with E-state index in [9.17, 15) is 4.79 Å². The maximum atomic E-state index is 12.1. The number of nitrogens with one attached hydrogen (secondary N) is 1. The van der Waals surface area contributed by atoms with Gasteiger partial charge >= 0.3 is 0 Å². The van der Waals surface area contributed by atoms with Crippen LogP contribution in [0.1, 0.15) is 5.56 Å². The van der Waals surface area contributed by atoms with Gasteiger partial charge in [0.05, 0.1) is 30.0 Å². The molecule has 0 radical (unpaired) electrons. The number of carbonyl (C=O) groups is 1. The molecule has 0 atom stereocenters. The summed E-state index contributed by atoms with van der Waals surface area (Å²) in [5.74, 6) is 0.869. The van der Waals surface area contributed by atoms with E-state index < -0.39 is 5.91 Å². The predicted octanol–water partition coefficient (Wildman–Crippen LogP) is 5.32. The molecular formula is C17H14Cl3NO3.